The van der Waals surface area contributed by atoms with E-state index in [-0.39, 0.29) is 24.1 Å². The lowest BCUT2D eigenvalue weighted by atomic mass is 9.82. The average molecular weight is 313 g/mol. The number of rotatable bonds is 2. The summed E-state index contributed by atoms with van der Waals surface area (Å²) in [4.78, 5) is 26.2. The fraction of sp³-hybridized carbons (Fsp3) is 0.875. The molecule has 0 bridgehead atoms. The van der Waals surface area contributed by atoms with Gasteiger partial charge in [-0.25, -0.2) is 4.79 Å². The van der Waals surface area contributed by atoms with Gasteiger partial charge in [0.2, 0.25) is 0 Å². The average Bonchev–Trinajstić information content (AvgIpc) is 2.44. The van der Waals surface area contributed by atoms with E-state index in [9.17, 15) is 9.59 Å². The molecule has 3 atom stereocenters. The molecule has 2 fully saturated rings. The highest BCUT2D eigenvalue weighted by molar-refractivity contribution is 5.75. The van der Waals surface area contributed by atoms with E-state index in [4.69, 9.17) is 14.2 Å². The van der Waals surface area contributed by atoms with Crippen LogP contribution in [0.25, 0.3) is 0 Å². The third-order valence-corrected chi connectivity index (χ3v) is 4.00. The zero-order chi connectivity index (χ0) is 16.3. The normalized spacial score (nSPS) is 28.7. The maximum Gasteiger partial charge on any atom is 0.410 e. The number of esters is 1. The van der Waals surface area contributed by atoms with Crippen molar-refractivity contribution in [1.82, 2.24) is 4.90 Å². The molecule has 0 aromatic carbocycles. The van der Waals surface area contributed by atoms with Crippen LogP contribution in [0.1, 0.15) is 40.5 Å². The number of hydrogen-bond donors (Lipinski definition) is 0. The minimum absolute atomic E-state index is 0.147. The number of ether oxygens (including phenoxy) is 3. The van der Waals surface area contributed by atoms with Crippen LogP contribution in [0.2, 0.25) is 0 Å². The highest BCUT2D eigenvalue weighted by atomic mass is 16.6. The Labute approximate surface area is 132 Å². The number of carbonyl (C=O) groups is 2. The number of amides is 1. The molecular formula is C16H27NO5. The molecule has 0 saturated carbocycles. The van der Waals surface area contributed by atoms with Crippen LogP contribution < -0.4 is 0 Å². The van der Waals surface area contributed by atoms with E-state index >= 15 is 0 Å². The first-order chi connectivity index (χ1) is 10.3. The van der Waals surface area contributed by atoms with Crippen LogP contribution in [-0.4, -0.2) is 55.0 Å². The van der Waals surface area contributed by atoms with Crippen LogP contribution in [0.4, 0.5) is 4.79 Å². The van der Waals surface area contributed by atoms with Gasteiger partial charge < -0.3 is 19.1 Å². The van der Waals surface area contributed by atoms with Crippen LogP contribution in [-0.2, 0) is 19.0 Å². The van der Waals surface area contributed by atoms with E-state index in [0.29, 0.717) is 26.3 Å². The molecule has 0 aromatic rings. The first-order valence-corrected chi connectivity index (χ1v) is 8.08. The van der Waals surface area contributed by atoms with E-state index in [0.717, 1.165) is 12.8 Å². The van der Waals surface area contributed by atoms with Gasteiger partial charge in [-0.2, -0.15) is 0 Å². The van der Waals surface area contributed by atoms with Crippen LogP contribution in [0.3, 0.4) is 0 Å². The molecule has 2 aliphatic rings. The molecule has 1 amide bonds. The minimum atomic E-state index is -0.545. The topological polar surface area (TPSA) is 65.1 Å². The van der Waals surface area contributed by atoms with Gasteiger partial charge in [0.1, 0.15) is 11.5 Å². The van der Waals surface area contributed by atoms with Gasteiger partial charge in [0, 0.05) is 25.6 Å². The molecule has 6 nitrogen and oxygen atoms in total. The highest BCUT2D eigenvalue weighted by Crippen LogP contribution is 2.33. The molecule has 6 heteroatoms. The van der Waals surface area contributed by atoms with Crippen molar-refractivity contribution in [2.75, 3.05) is 26.3 Å². The summed E-state index contributed by atoms with van der Waals surface area (Å²) in [5, 5.41) is 0. The summed E-state index contributed by atoms with van der Waals surface area (Å²) in [5.41, 5.74) is -0.545. The zero-order valence-electron chi connectivity index (χ0n) is 14.0. The van der Waals surface area contributed by atoms with Crippen molar-refractivity contribution >= 4 is 12.1 Å². The molecule has 22 heavy (non-hydrogen) atoms. The largest absolute Gasteiger partial charge is 0.466 e. The lowest BCUT2D eigenvalue weighted by Crippen LogP contribution is -2.56. The Hall–Kier alpha value is -1.30. The standard InChI is InChI=1S/C16H27NO5/c1-5-20-14(18)12-10-17(15(19)22-16(2,3)4)9-11-7-6-8-21-13(11)12/h11-13H,5-10H2,1-4H3/t11-,12-,13+/m1/s1. The van der Waals surface area contributed by atoms with Crippen molar-refractivity contribution in [2.45, 2.75) is 52.2 Å². The van der Waals surface area contributed by atoms with Crippen LogP contribution in [0.15, 0.2) is 0 Å². The number of piperidine rings is 1. The molecule has 0 spiro atoms. The number of hydrogen-bond acceptors (Lipinski definition) is 5. The lowest BCUT2D eigenvalue weighted by molar-refractivity contribution is -0.165. The van der Waals surface area contributed by atoms with Gasteiger partial charge in [-0.15, -0.1) is 0 Å². The Morgan fingerprint density at radius 3 is 2.64 bits per heavy atom. The maximum absolute atomic E-state index is 12.3. The summed E-state index contributed by atoms with van der Waals surface area (Å²) < 4.78 is 16.4. The summed E-state index contributed by atoms with van der Waals surface area (Å²) in [6.07, 6.45) is 1.40. The van der Waals surface area contributed by atoms with E-state index in [1.807, 2.05) is 20.8 Å². The summed E-state index contributed by atoms with van der Waals surface area (Å²) in [7, 11) is 0. The predicted molar refractivity (Wildman–Crippen MR) is 80.4 cm³/mol. The summed E-state index contributed by atoms with van der Waals surface area (Å²) in [6.45, 7) is 9.18. The Bertz CT molecular complexity index is 417. The maximum atomic E-state index is 12.3. The molecule has 0 radical (unpaired) electrons. The lowest BCUT2D eigenvalue weighted by Gasteiger charge is -2.44. The van der Waals surface area contributed by atoms with Crippen LogP contribution in [0.5, 0.6) is 0 Å². The Balaban J connectivity index is 2.10. The Kier molecular flexibility index (Phi) is 5.32. The molecule has 2 rings (SSSR count). The van der Waals surface area contributed by atoms with E-state index in [2.05, 4.69) is 0 Å². The quantitative estimate of drug-likeness (QED) is 0.731. The first kappa shape index (κ1) is 17.1. The second-order valence-corrected chi connectivity index (χ2v) is 6.98. The van der Waals surface area contributed by atoms with Gasteiger partial charge in [0.05, 0.1) is 12.7 Å². The minimum Gasteiger partial charge on any atom is -0.466 e. The zero-order valence-corrected chi connectivity index (χ0v) is 14.0. The van der Waals surface area contributed by atoms with Crippen LogP contribution in [0, 0.1) is 11.8 Å². The van der Waals surface area contributed by atoms with Crippen molar-refractivity contribution < 1.29 is 23.8 Å². The molecule has 2 aliphatic heterocycles. The van der Waals surface area contributed by atoms with Gasteiger partial charge in [0.15, 0.2) is 0 Å². The third-order valence-electron chi connectivity index (χ3n) is 4.00. The van der Waals surface area contributed by atoms with Crippen LogP contribution >= 0.6 is 0 Å². The van der Waals surface area contributed by atoms with E-state index in [1.54, 1.807) is 11.8 Å². The summed E-state index contributed by atoms with van der Waals surface area (Å²) in [5.74, 6) is -0.538. The van der Waals surface area contributed by atoms with E-state index < -0.39 is 11.5 Å². The monoisotopic (exact) mass is 313 g/mol. The SMILES string of the molecule is CCOC(=O)[C@@H]1CN(C(=O)OC(C)(C)C)C[C@H]2CCCO[C@@H]21. The van der Waals surface area contributed by atoms with Gasteiger partial charge >= 0.3 is 12.1 Å². The molecule has 2 saturated heterocycles. The smallest absolute Gasteiger partial charge is 0.410 e. The van der Waals surface area contributed by atoms with Gasteiger partial charge in [-0.3, -0.25) is 4.79 Å². The molecular weight excluding hydrogens is 286 g/mol. The molecule has 0 N–H and O–H groups in total. The number of fused-ring (bicyclic) bond motifs is 1. The van der Waals surface area contributed by atoms with Gasteiger partial charge in [0.25, 0.3) is 0 Å². The van der Waals surface area contributed by atoms with Crippen molar-refractivity contribution in [2.24, 2.45) is 11.8 Å². The summed E-state index contributed by atoms with van der Waals surface area (Å²) in [6, 6.07) is 0. The van der Waals surface area contributed by atoms with Gasteiger partial charge in [-0.05, 0) is 40.5 Å². The fourth-order valence-electron chi connectivity index (χ4n) is 3.14. The molecule has 2 heterocycles. The highest BCUT2D eigenvalue weighted by Gasteiger charge is 2.45. The van der Waals surface area contributed by atoms with Crippen molar-refractivity contribution in [3.05, 3.63) is 0 Å². The summed E-state index contributed by atoms with van der Waals surface area (Å²) >= 11 is 0. The molecule has 0 aromatic heterocycles. The number of nitrogens with zero attached hydrogens (tertiary/aromatic N) is 1. The van der Waals surface area contributed by atoms with Crippen molar-refractivity contribution in [3.8, 4) is 0 Å². The number of likely N-dealkylation sites (tertiary alicyclic amines) is 1. The first-order valence-electron chi connectivity index (χ1n) is 8.08. The number of carbonyl (C=O) groups excluding carboxylic acids is 2. The third kappa shape index (κ3) is 4.12. The fourth-order valence-corrected chi connectivity index (χ4v) is 3.14. The predicted octanol–water partition coefficient (Wildman–Crippen LogP) is 2.21. The molecule has 126 valence electrons. The van der Waals surface area contributed by atoms with Crippen molar-refractivity contribution in [1.29, 1.82) is 0 Å². The second-order valence-electron chi connectivity index (χ2n) is 6.98. The second kappa shape index (κ2) is 6.86. The Morgan fingerprint density at radius 2 is 2.00 bits per heavy atom. The van der Waals surface area contributed by atoms with Crippen molar-refractivity contribution in [3.63, 3.8) is 0 Å². The van der Waals surface area contributed by atoms with Gasteiger partial charge in [-0.1, -0.05) is 0 Å². The Morgan fingerprint density at radius 1 is 1.27 bits per heavy atom. The van der Waals surface area contributed by atoms with E-state index in [1.165, 1.54) is 0 Å². The molecule has 0 unspecified atom stereocenters. The molecule has 0 aliphatic carbocycles.